The number of amides is 2. The quantitative estimate of drug-likeness (QED) is 0.821. The van der Waals surface area contributed by atoms with E-state index in [1.54, 1.807) is 12.1 Å². The molecule has 0 spiro atoms. The van der Waals surface area contributed by atoms with Crippen molar-refractivity contribution in [2.75, 3.05) is 6.54 Å². The number of hydrogen-bond acceptors (Lipinski definition) is 2. The van der Waals surface area contributed by atoms with Crippen LogP contribution < -0.4 is 10.6 Å². The summed E-state index contributed by atoms with van der Waals surface area (Å²) in [5, 5.41) is 5.84. The topological polar surface area (TPSA) is 58.2 Å². The molecule has 26 heavy (non-hydrogen) atoms. The van der Waals surface area contributed by atoms with Crippen LogP contribution in [0.5, 0.6) is 0 Å². The SMILES string of the molecule is O=C(CCNC(=O)C12CC3CC(CC(C3)C1)C2)NCc1ccc(F)cc1. The van der Waals surface area contributed by atoms with E-state index in [2.05, 4.69) is 10.6 Å². The highest BCUT2D eigenvalue weighted by atomic mass is 19.1. The molecule has 0 saturated heterocycles. The lowest BCUT2D eigenvalue weighted by Crippen LogP contribution is -2.53. The maximum Gasteiger partial charge on any atom is 0.226 e. The molecule has 2 N–H and O–H groups in total. The second-order valence-electron chi connectivity index (χ2n) is 8.61. The molecule has 5 heteroatoms. The molecule has 4 aliphatic carbocycles. The van der Waals surface area contributed by atoms with Gasteiger partial charge in [-0.15, -0.1) is 0 Å². The smallest absolute Gasteiger partial charge is 0.226 e. The number of carbonyl (C=O) groups excluding carboxylic acids is 2. The Morgan fingerprint density at radius 1 is 0.962 bits per heavy atom. The number of rotatable bonds is 6. The van der Waals surface area contributed by atoms with Crippen LogP contribution in [0.1, 0.15) is 50.5 Å². The molecule has 0 unspecified atom stereocenters. The largest absolute Gasteiger partial charge is 0.355 e. The van der Waals surface area contributed by atoms with Crippen LogP contribution in [-0.4, -0.2) is 18.4 Å². The van der Waals surface area contributed by atoms with Gasteiger partial charge in [0.05, 0.1) is 0 Å². The molecule has 4 fully saturated rings. The van der Waals surface area contributed by atoms with Crippen molar-refractivity contribution in [1.29, 1.82) is 0 Å². The van der Waals surface area contributed by atoms with E-state index in [1.807, 2.05) is 0 Å². The van der Waals surface area contributed by atoms with Crippen LogP contribution in [0.3, 0.4) is 0 Å². The van der Waals surface area contributed by atoms with Gasteiger partial charge in [-0.25, -0.2) is 4.39 Å². The molecular formula is C21H27FN2O2. The molecule has 2 amide bonds. The Morgan fingerprint density at radius 2 is 1.54 bits per heavy atom. The fourth-order valence-electron chi connectivity index (χ4n) is 5.76. The van der Waals surface area contributed by atoms with Gasteiger partial charge in [0, 0.05) is 24.9 Å². The fourth-order valence-corrected chi connectivity index (χ4v) is 5.76. The summed E-state index contributed by atoms with van der Waals surface area (Å²) >= 11 is 0. The zero-order valence-electron chi connectivity index (χ0n) is 15.1. The maximum absolute atomic E-state index is 12.9. The van der Waals surface area contributed by atoms with Gasteiger partial charge < -0.3 is 10.6 Å². The zero-order valence-corrected chi connectivity index (χ0v) is 15.1. The van der Waals surface area contributed by atoms with Crippen molar-refractivity contribution >= 4 is 11.8 Å². The Bertz CT molecular complexity index is 650. The molecule has 4 aliphatic rings. The predicted molar refractivity (Wildman–Crippen MR) is 96.5 cm³/mol. The summed E-state index contributed by atoms with van der Waals surface area (Å²) in [4.78, 5) is 24.8. The average Bonchev–Trinajstić information content (AvgIpc) is 2.60. The van der Waals surface area contributed by atoms with Gasteiger partial charge in [0.2, 0.25) is 11.8 Å². The van der Waals surface area contributed by atoms with Crippen LogP contribution in [0.4, 0.5) is 4.39 Å². The zero-order chi connectivity index (χ0) is 18.1. The molecule has 1 aromatic rings. The first kappa shape index (κ1) is 17.5. The highest BCUT2D eigenvalue weighted by molar-refractivity contribution is 5.84. The van der Waals surface area contributed by atoms with Gasteiger partial charge in [0.25, 0.3) is 0 Å². The number of nitrogens with one attached hydrogen (secondary N) is 2. The van der Waals surface area contributed by atoms with Crippen LogP contribution in [-0.2, 0) is 16.1 Å². The maximum atomic E-state index is 12.9. The van der Waals surface area contributed by atoms with Crippen LogP contribution in [0.2, 0.25) is 0 Å². The molecule has 4 saturated carbocycles. The molecule has 4 bridgehead atoms. The van der Waals surface area contributed by atoms with Crippen molar-refractivity contribution in [1.82, 2.24) is 10.6 Å². The minimum Gasteiger partial charge on any atom is -0.355 e. The van der Waals surface area contributed by atoms with E-state index >= 15 is 0 Å². The van der Waals surface area contributed by atoms with Gasteiger partial charge in [-0.3, -0.25) is 9.59 Å². The summed E-state index contributed by atoms with van der Waals surface area (Å²) in [6.45, 7) is 0.762. The minimum absolute atomic E-state index is 0.0971. The Balaban J connectivity index is 1.21. The summed E-state index contributed by atoms with van der Waals surface area (Å²) in [6, 6.07) is 6.08. The van der Waals surface area contributed by atoms with Crippen molar-refractivity contribution < 1.29 is 14.0 Å². The first-order chi connectivity index (χ1) is 12.5. The van der Waals surface area contributed by atoms with Crippen molar-refractivity contribution in [2.24, 2.45) is 23.2 Å². The molecule has 0 heterocycles. The Kier molecular flexibility index (Phi) is 4.72. The second-order valence-corrected chi connectivity index (χ2v) is 8.61. The Hall–Kier alpha value is -1.91. The standard InChI is InChI=1S/C21H27FN2O2/c22-18-3-1-14(2-4-18)13-24-19(25)5-6-23-20(26)21-10-15-7-16(11-21)9-17(8-15)12-21/h1-4,15-17H,5-13H2,(H,23,26)(H,24,25). The lowest BCUT2D eigenvalue weighted by molar-refractivity contribution is -0.146. The van der Waals surface area contributed by atoms with Crippen LogP contribution in [0.25, 0.3) is 0 Å². The number of halogens is 1. The monoisotopic (exact) mass is 358 g/mol. The summed E-state index contributed by atoms with van der Waals surface area (Å²) in [5.74, 6) is 2.01. The summed E-state index contributed by atoms with van der Waals surface area (Å²) in [7, 11) is 0. The van der Waals surface area contributed by atoms with Crippen molar-refractivity contribution in [3.63, 3.8) is 0 Å². The summed E-state index contributed by atoms with van der Waals surface area (Å²) in [6.07, 6.45) is 7.36. The van der Waals surface area contributed by atoms with Gasteiger partial charge in [-0.2, -0.15) is 0 Å². The lowest BCUT2D eigenvalue weighted by Gasteiger charge is -2.55. The average molecular weight is 358 g/mol. The third-order valence-electron chi connectivity index (χ3n) is 6.56. The van der Waals surface area contributed by atoms with Crippen LogP contribution in [0.15, 0.2) is 24.3 Å². The van der Waals surface area contributed by atoms with E-state index in [9.17, 15) is 14.0 Å². The van der Waals surface area contributed by atoms with E-state index < -0.39 is 0 Å². The fraction of sp³-hybridized carbons (Fsp3) is 0.619. The Labute approximate surface area is 153 Å². The van der Waals surface area contributed by atoms with Gasteiger partial charge in [-0.1, -0.05) is 12.1 Å². The highest BCUT2D eigenvalue weighted by Gasteiger charge is 2.54. The first-order valence-electron chi connectivity index (χ1n) is 9.82. The third-order valence-corrected chi connectivity index (χ3v) is 6.56. The summed E-state index contributed by atoms with van der Waals surface area (Å²) in [5.41, 5.74) is 0.705. The molecule has 4 nitrogen and oxygen atoms in total. The number of hydrogen-bond donors (Lipinski definition) is 2. The lowest BCUT2D eigenvalue weighted by atomic mass is 9.49. The van der Waals surface area contributed by atoms with E-state index in [1.165, 1.54) is 31.4 Å². The molecule has 0 aromatic heterocycles. The Morgan fingerprint density at radius 3 is 2.12 bits per heavy atom. The minimum atomic E-state index is -0.285. The molecule has 0 radical (unpaired) electrons. The molecule has 1 aromatic carbocycles. The number of benzene rings is 1. The molecule has 0 atom stereocenters. The van der Waals surface area contributed by atoms with E-state index in [0.717, 1.165) is 42.6 Å². The van der Waals surface area contributed by atoms with Gasteiger partial charge in [0.15, 0.2) is 0 Å². The first-order valence-corrected chi connectivity index (χ1v) is 9.82. The molecule has 0 aliphatic heterocycles. The van der Waals surface area contributed by atoms with Crippen molar-refractivity contribution in [3.05, 3.63) is 35.6 Å². The normalized spacial score (nSPS) is 31.7. The second kappa shape index (κ2) is 7.01. The van der Waals surface area contributed by atoms with Gasteiger partial charge in [-0.05, 0) is 74.0 Å². The van der Waals surface area contributed by atoms with E-state index in [-0.39, 0.29) is 29.5 Å². The number of carbonyl (C=O) groups is 2. The van der Waals surface area contributed by atoms with Crippen molar-refractivity contribution in [2.45, 2.75) is 51.5 Å². The molecule has 5 rings (SSSR count). The molecular weight excluding hydrogens is 331 g/mol. The predicted octanol–water partition coefficient (Wildman–Crippen LogP) is 3.16. The summed E-state index contributed by atoms with van der Waals surface area (Å²) < 4.78 is 12.9. The molecule has 140 valence electrons. The van der Waals surface area contributed by atoms with Gasteiger partial charge in [0.1, 0.15) is 5.82 Å². The van der Waals surface area contributed by atoms with Crippen LogP contribution in [0, 0.1) is 29.0 Å². The van der Waals surface area contributed by atoms with Crippen LogP contribution >= 0.6 is 0 Å². The third kappa shape index (κ3) is 3.62. The highest BCUT2D eigenvalue weighted by Crippen LogP contribution is 2.60. The van der Waals surface area contributed by atoms with Gasteiger partial charge >= 0.3 is 0 Å². The van der Waals surface area contributed by atoms with Crippen molar-refractivity contribution in [3.8, 4) is 0 Å². The van der Waals surface area contributed by atoms with E-state index in [0.29, 0.717) is 13.1 Å². The van der Waals surface area contributed by atoms with E-state index in [4.69, 9.17) is 0 Å².